The first kappa shape index (κ1) is 28.6. The van der Waals surface area contributed by atoms with Crippen LogP contribution in [0, 0.1) is 0 Å². The molecular formula is C25H46O5. The van der Waals surface area contributed by atoms with Gasteiger partial charge in [0.2, 0.25) is 0 Å². The van der Waals surface area contributed by atoms with Crippen LogP contribution in [0.25, 0.3) is 0 Å². The average Bonchev–Trinajstić information content (AvgIpc) is 2.70. The van der Waals surface area contributed by atoms with Crippen molar-refractivity contribution in [2.45, 2.75) is 117 Å². The summed E-state index contributed by atoms with van der Waals surface area (Å²) in [5.41, 5.74) is 0. The van der Waals surface area contributed by atoms with Gasteiger partial charge in [0.1, 0.15) is 6.61 Å². The molecular weight excluding hydrogens is 380 g/mol. The summed E-state index contributed by atoms with van der Waals surface area (Å²) in [7, 11) is 0. The van der Waals surface area contributed by atoms with Crippen LogP contribution >= 0.6 is 0 Å². The van der Waals surface area contributed by atoms with E-state index in [4.69, 9.17) is 14.2 Å². The molecule has 0 amide bonds. The van der Waals surface area contributed by atoms with E-state index >= 15 is 0 Å². The highest BCUT2D eigenvalue weighted by Gasteiger charge is 2.14. The number of hydrogen-bond donors (Lipinski definition) is 0. The maximum absolute atomic E-state index is 11.1. The van der Waals surface area contributed by atoms with Crippen molar-refractivity contribution in [1.29, 1.82) is 0 Å². The smallest absolute Gasteiger partial charge is 0.303 e. The van der Waals surface area contributed by atoms with Gasteiger partial charge in [-0.1, -0.05) is 76.9 Å². The topological polar surface area (TPSA) is 61.8 Å². The van der Waals surface area contributed by atoms with E-state index in [1.54, 1.807) is 0 Å². The Morgan fingerprint density at radius 1 is 0.700 bits per heavy atom. The molecule has 0 heterocycles. The predicted molar refractivity (Wildman–Crippen MR) is 122 cm³/mol. The Balaban J connectivity index is 3.41. The van der Waals surface area contributed by atoms with Gasteiger partial charge in [0.15, 0.2) is 6.10 Å². The van der Waals surface area contributed by atoms with E-state index in [2.05, 4.69) is 19.1 Å². The zero-order valence-corrected chi connectivity index (χ0v) is 19.8. The zero-order valence-electron chi connectivity index (χ0n) is 19.8. The fourth-order valence-electron chi connectivity index (χ4n) is 3.23. The van der Waals surface area contributed by atoms with E-state index in [1.165, 1.54) is 90.9 Å². The molecule has 0 aliphatic carbocycles. The molecule has 0 fully saturated rings. The van der Waals surface area contributed by atoms with Crippen molar-refractivity contribution in [2.24, 2.45) is 0 Å². The van der Waals surface area contributed by atoms with Gasteiger partial charge in [-0.2, -0.15) is 0 Å². The zero-order chi connectivity index (χ0) is 22.3. The molecule has 0 saturated carbocycles. The third kappa shape index (κ3) is 22.9. The lowest BCUT2D eigenvalue weighted by atomic mass is 10.1. The third-order valence-corrected chi connectivity index (χ3v) is 4.91. The monoisotopic (exact) mass is 426 g/mol. The summed E-state index contributed by atoms with van der Waals surface area (Å²) < 4.78 is 15.5. The second-order valence-electron chi connectivity index (χ2n) is 8.05. The minimum Gasteiger partial charge on any atom is -0.462 e. The van der Waals surface area contributed by atoms with Crippen LogP contribution in [0.4, 0.5) is 0 Å². The Morgan fingerprint density at radius 2 is 1.23 bits per heavy atom. The van der Waals surface area contributed by atoms with E-state index in [0.717, 1.165) is 12.8 Å². The Morgan fingerprint density at radius 3 is 1.77 bits per heavy atom. The molecule has 0 bridgehead atoms. The van der Waals surface area contributed by atoms with E-state index in [0.29, 0.717) is 6.61 Å². The first-order valence-electron chi connectivity index (χ1n) is 12.1. The summed E-state index contributed by atoms with van der Waals surface area (Å²) >= 11 is 0. The van der Waals surface area contributed by atoms with Gasteiger partial charge in [-0.15, -0.1) is 0 Å². The Bertz CT molecular complexity index is 433. The first-order chi connectivity index (χ1) is 14.6. The summed E-state index contributed by atoms with van der Waals surface area (Å²) in [5.74, 6) is -0.784. The molecule has 0 spiro atoms. The molecule has 5 heteroatoms. The minimum absolute atomic E-state index is 0.0440. The maximum atomic E-state index is 11.1. The van der Waals surface area contributed by atoms with Crippen LogP contribution in [-0.2, 0) is 23.8 Å². The lowest BCUT2D eigenvalue weighted by molar-refractivity contribution is -0.159. The van der Waals surface area contributed by atoms with Crippen molar-refractivity contribution in [3.8, 4) is 0 Å². The number of rotatable bonds is 21. The quantitative estimate of drug-likeness (QED) is 0.118. The highest BCUT2D eigenvalue weighted by atomic mass is 16.6. The van der Waals surface area contributed by atoms with Gasteiger partial charge in [0.25, 0.3) is 0 Å². The molecule has 30 heavy (non-hydrogen) atoms. The van der Waals surface area contributed by atoms with Crippen LogP contribution in [0.3, 0.4) is 0 Å². The lowest BCUT2D eigenvalue weighted by Crippen LogP contribution is -2.28. The van der Waals surface area contributed by atoms with E-state index < -0.39 is 12.1 Å². The van der Waals surface area contributed by atoms with Crippen LogP contribution in [0.1, 0.15) is 111 Å². The van der Waals surface area contributed by atoms with Crippen molar-refractivity contribution in [3.63, 3.8) is 0 Å². The number of allylic oxidation sites excluding steroid dienone is 2. The second kappa shape index (κ2) is 22.3. The lowest BCUT2D eigenvalue weighted by Gasteiger charge is -2.16. The molecule has 0 aliphatic heterocycles. The van der Waals surface area contributed by atoms with Crippen LogP contribution in [0.5, 0.6) is 0 Å². The Labute approximate surface area is 184 Å². The van der Waals surface area contributed by atoms with Gasteiger partial charge < -0.3 is 14.2 Å². The molecule has 0 aliphatic rings. The second-order valence-corrected chi connectivity index (χ2v) is 8.05. The highest BCUT2D eigenvalue weighted by Crippen LogP contribution is 2.10. The molecule has 0 aromatic carbocycles. The van der Waals surface area contributed by atoms with Crippen molar-refractivity contribution < 1.29 is 23.8 Å². The number of carbonyl (C=O) groups is 2. The molecule has 0 rings (SSSR count). The van der Waals surface area contributed by atoms with Crippen LogP contribution in [-0.4, -0.2) is 37.9 Å². The number of carbonyl (C=O) groups excluding carboxylic acids is 2. The van der Waals surface area contributed by atoms with Crippen LogP contribution in [0.15, 0.2) is 12.2 Å². The van der Waals surface area contributed by atoms with Gasteiger partial charge >= 0.3 is 11.9 Å². The van der Waals surface area contributed by atoms with E-state index in [1.807, 2.05) is 0 Å². The number of ether oxygens (including phenoxy) is 3. The largest absolute Gasteiger partial charge is 0.462 e. The summed E-state index contributed by atoms with van der Waals surface area (Å²) in [6.07, 6.45) is 22.1. The third-order valence-electron chi connectivity index (χ3n) is 4.91. The SMILES string of the molecule is CCCCCCCCC=CCCCCCCCCOCC(COC(C)=O)OC(C)=O. The highest BCUT2D eigenvalue weighted by molar-refractivity contribution is 5.67. The van der Waals surface area contributed by atoms with Gasteiger partial charge in [-0.25, -0.2) is 0 Å². The average molecular weight is 427 g/mol. The van der Waals surface area contributed by atoms with Crippen molar-refractivity contribution >= 4 is 11.9 Å². The summed E-state index contributed by atoms with van der Waals surface area (Å²) in [4.78, 5) is 21.9. The summed E-state index contributed by atoms with van der Waals surface area (Å²) in [6.45, 7) is 5.88. The molecule has 1 unspecified atom stereocenters. The first-order valence-corrected chi connectivity index (χ1v) is 12.1. The number of hydrogen-bond acceptors (Lipinski definition) is 5. The Kier molecular flexibility index (Phi) is 21.3. The van der Waals surface area contributed by atoms with E-state index in [9.17, 15) is 9.59 Å². The minimum atomic E-state index is -0.527. The van der Waals surface area contributed by atoms with Crippen LogP contribution < -0.4 is 0 Å². The molecule has 0 N–H and O–H groups in total. The standard InChI is InChI=1S/C25H46O5/c1-4-5-6-7-8-9-10-11-12-13-14-15-16-17-18-19-20-28-21-25(30-24(3)27)22-29-23(2)26/h11-12,25H,4-10,13-22H2,1-3H3. The molecule has 0 aromatic rings. The summed E-state index contributed by atoms with van der Waals surface area (Å²) in [5, 5.41) is 0. The van der Waals surface area contributed by atoms with Crippen molar-refractivity contribution in [2.75, 3.05) is 19.8 Å². The fraction of sp³-hybridized carbons (Fsp3) is 0.840. The van der Waals surface area contributed by atoms with Gasteiger partial charge in [0, 0.05) is 20.5 Å². The van der Waals surface area contributed by atoms with Gasteiger partial charge in [-0.05, 0) is 32.1 Å². The molecule has 0 saturated heterocycles. The van der Waals surface area contributed by atoms with Crippen molar-refractivity contribution in [3.05, 3.63) is 12.2 Å². The van der Waals surface area contributed by atoms with Crippen molar-refractivity contribution in [1.82, 2.24) is 0 Å². The molecule has 1 atom stereocenters. The number of unbranched alkanes of at least 4 members (excludes halogenated alkanes) is 12. The van der Waals surface area contributed by atoms with Gasteiger partial charge in [-0.3, -0.25) is 9.59 Å². The normalized spacial score (nSPS) is 12.2. The molecule has 0 aromatic heterocycles. The fourth-order valence-corrected chi connectivity index (χ4v) is 3.23. The molecule has 0 radical (unpaired) electrons. The predicted octanol–water partition coefficient (Wildman–Crippen LogP) is 6.54. The van der Waals surface area contributed by atoms with Crippen LogP contribution in [0.2, 0.25) is 0 Å². The molecule has 176 valence electrons. The van der Waals surface area contributed by atoms with E-state index in [-0.39, 0.29) is 19.2 Å². The Hall–Kier alpha value is -1.36. The maximum Gasteiger partial charge on any atom is 0.303 e. The summed E-state index contributed by atoms with van der Waals surface area (Å²) in [6, 6.07) is 0. The van der Waals surface area contributed by atoms with Gasteiger partial charge in [0.05, 0.1) is 6.61 Å². The number of esters is 2. The molecule has 5 nitrogen and oxygen atoms in total.